The lowest BCUT2D eigenvalue weighted by atomic mass is 10.2. The smallest absolute Gasteiger partial charge is 0.292 e. The van der Waals surface area contributed by atoms with Gasteiger partial charge >= 0.3 is 0 Å². The Bertz CT molecular complexity index is 1000. The average molecular weight is 357 g/mol. The summed E-state index contributed by atoms with van der Waals surface area (Å²) < 4.78 is 8.00. The van der Waals surface area contributed by atoms with E-state index in [-0.39, 0.29) is 5.56 Å². The molecule has 0 saturated carbocycles. The van der Waals surface area contributed by atoms with Crippen LogP contribution in [-0.4, -0.2) is 20.0 Å². The molecule has 4 rings (SSSR count). The highest BCUT2D eigenvalue weighted by atomic mass is 79.9. The summed E-state index contributed by atoms with van der Waals surface area (Å²) in [6.07, 6.45) is 3.34. The first-order chi connectivity index (χ1) is 10.7. The normalized spacial score (nSPS) is 11.1. The molecule has 3 heterocycles. The Morgan fingerprint density at radius 1 is 1.18 bits per heavy atom. The quantitative estimate of drug-likeness (QED) is 0.598. The summed E-state index contributed by atoms with van der Waals surface area (Å²) in [5.74, 6) is 0.580. The fourth-order valence-corrected chi connectivity index (χ4v) is 2.53. The highest BCUT2D eigenvalue weighted by molar-refractivity contribution is 9.10. The lowest BCUT2D eigenvalue weighted by molar-refractivity contribution is 0.579. The molecule has 3 aromatic heterocycles. The Labute approximate surface area is 132 Å². The van der Waals surface area contributed by atoms with Crippen LogP contribution < -0.4 is 5.56 Å². The molecule has 0 saturated heterocycles. The maximum absolute atomic E-state index is 12.0. The number of hydrogen-bond acceptors (Lipinski definition) is 4. The number of benzene rings is 1. The zero-order valence-electron chi connectivity index (χ0n) is 11.2. The van der Waals surface area contributed by atoms with Gasteiger partial charge < -0.3 is 4.42 Å². The Kier molecular flexibility index (Phi) is 2.93. The van der Waals surface area contributed by atoms with Crippen molar-refractivity contribution in [3.8, 4) is 17.1 Å². The number of nitrogens with zero attached hydrogens (tertiary/aromatic N) is 3. The van der Waals surface area contributed by atoms with Crippen molar-refractivity contribution in [1.29, 1.82) is 0 Å². The Morgan fingerprint density at radius 3 is 2.73 bits per heavy atom. The van der Waals surface area contributed by atoms with Gasteiger partial charge in [0.2, 0.25) is 0 Å². The molecule has 0 bridgehead atoms. The van der Waals surface area contributed by atoms with E-state index in [9.17, 15) is 4.79 Å². The van der Waals surface area contributed by atoms with Gasteiger partial charge in [0.25, 0.3) is 5.56 Å². The van der Waals surface area contributed by atoms with Crippen LogP contribution in [0, 0.1) is 0 Å². The predicted molar refractivity (Wildman–Crippen MR) is 84.9 cm³/mol. The van der Waals surface area contributed by atoms with E-state index in [0.717, 1.165) is 10.2 Å². The molecule has 0 aliphatic rings. The lowest BCUT2D eigenvalue weighted by Crippen LogP contribution is -2.09. The second-order valence-electron chi connectivity index (χ2n) is 4.69. The summed E-state index contributed by atoms with van der Waals surface area (Å²) in [6.45, 7) is 0. The van der Waals surface area contributed by atoms with Crippen LogP contribution in [0.2, 0.25) is 0 Å². The van der Waals surface area contributed by atoms with Crippen molar-refractivity contribution in [2.75, 3.05) is 0 Å². The zero-order chi connectivity index (χ0) is 15.1. The second kappa shape index (κ2) is 4.96. The highest BCUT2D eigenvalue weighted by Crippen LogP contribution is 2.25. The van der Waals surface area contributed by atoms with E-state index in [1.54, 1.807) is 29.3 Å². The molecule has 0 spiro atoms. The van der Waals surface area contributed by atoms with Gasteiger partial charge in [0.05, 0.1) is 17.3 Å². The summed E-state index contributed by atoms with van der Waals surface area (Å²) in [4.78, 5) is 12.0. The van der Waals surface area contributed by atoms with Gasteiger partial charge in [-0.15, -0.1) is 0 Å². The van der Waals surface area contributed by atoms with E-state index in [4.69, 9.17) is 4.42 Å². The minimum Gasteiger partial charge on any atom is -0.463 e. The van der Waals surface area contributed by atoms with Crippen LogP contribution in [0.3, 0.4) is 0 Å². The van der Waals surface area contributed by atoms with Gasteiger partial charge in [-0.1, -0.05) is 15.9 Å². The third-order valence-electron chi connectivity index (χ3n) is 3.30. The molecular formula is C15H9BrN4O2. The summed E-state index contributed by atoms with van der Waals surface area (Å²) >= 11 is 3.39. The number of aromatic nitrogens is 4. The van der Waals surface area contributed by atoms with Crippen molar-refractivity contribution < 1.29 is 4.42 Å². The van der Waals surface area contributed by atoms with E-state index in [2.05, 4.69) is 31.2 Å². The van der Waals surface area contributed by atoms with Gasteiger partial charge in [-0.3, -0.25) is 4.79 Å². The van der Waals surface area contributed by atoms with Crippen LogP contribution >= 0.6 is 15.9 Å². The Hall–Kier alpha value is -2.67. The standard InChI is InChI=1S/C15H9BrN4O2/c16-9-3-5-10(6-4-9)20-8-11-13(12-2-1-7-22-12)17-18-15(21)14(11)19-20/h1-8H,(H,18,21). The van der Waals surface area contributed by atoms with Crippen LogP contribution in [0.25, 0.3) is 28.0 Å². The topological polar surface area (TPSA) is 76.7 Å². The fourth-order valence-electron chi connectivity index (χ4n) is 2.26. The minimum absolute atomic E-state index is 0.323. The molecule has 6 nitrogen and oxygen atoms in total. The maximum Gasteiger partial charge on any atom is 0.292 e. The minimum atomic E-state index is -0.332. The van der Waals surface area contributed by atoms with Gasteiger partial charge in [-0.05, 0) is 36.4 Å². The van der Waals surface area contributed by atoms with Crippen LogP contribution in [0.15, 0.2) is 62.5 Å². The van der Waals surface area contributed by atoms with E-state index >= 15 is 0 Å². The number of furan rings is 1. The lowest BCUT2D eigenvalue weighted by Gasteiger charge is -1.99. The fraction of sp³-hybridized carbons (Fsp3) is 0. The molecule has 4 aromatic rings. The van der Waals surface area contributed by atoms with Gasteiger partial charge in [0.1, 0.15) is 5.69 Å². The summed E-state index contributed by atoms with van der Waals surface area (Å²) in [5.41, 5.74) is 1.40. The predicted octanol–water partition coefficient (Wildman–Crippen LogP) is 3.13. The van der Waals surface area contributed by atoms with Crippen molar-refractivity contribution in [2.45, 2.75) is 0 Å². The number of nitrogens with one attached hydrogen (secondary N) is 1. The molecule has 0 radical (unpaired) electrons. The van der Waals surface area contributed by atoms with Crippen molar-refractivity contribution in [1.82, 2.24) is 20.0 Å². The van der Waals surface area contributed by atoms with Crippen LogP contribution in [-0.2, 0) is 0 Å². The molecule has 0 aliphatic heterocycles. The molecule has 1 aromatic carbocycles. The molecule has 108 valence electrons. The first kappa shape index (κ1) is 13.0. The molecule has 0 unspecified atom stereocenters. The SMILES string of the molecule is O=c1[nH]nc(-c2ccco2)c2cn(-c3ccc(Br)cc3)nc12. The molecule has 7 heteroatoms. The number of halogens is 1. The molecule has 0 fully saturated rings. The largest absolute Gasteiger partial charge is 0.463 e. The van der Waals surface area contributed by atoms with Gasteiger partial charge in [-0.25, -0.2) is 9.78 Å². The summed E-state index contributed by atoms with van der Waals surface area (Å²) in [7, 11) is 0. The van der Waals surface area contributed by atoms with Gasteiger partial charge in [-0.2, -0.15) is 10.2 Å². The summed E-state index contributed by atoms with van der Waals surface area (Å²) in [6, 6.07) is 11.2. The first-order valence-corrected chi connectivity index (χ1v) is 7.29. The first-order valence-electron chi connectivity index (χ1n) is 6.50. The molecular weight excluding hydrogens is 348 g/mol. The molecule has 22 heavy (non-hydrogen) atoms. The van der Waals surface area contributed by atoms with E-state index in [1.807, 2.05) is 24.3 Å². The zero-order valence-corrected chi connectivity index (χ0v) is 12.7. The number of fused-ring (bicyclic) bond motifs is 1. The van der Waals surface area contributed by atoms with Crippen molar-refractivity contribution >= 4 is 26.8 Å². The number of aromatic amines is 1. The maximum atomic E-state index is 12.0. The van der Waals surface area contributed by atoms with Crippen LogP contribution in [0.4, 0.5) is 0 Å². The molecule has 0 amide bonds. The Morgan fingerprint density at radius 2 is 2.00 bits per heavy atom. The van der Waals surface area contributed by atoms with Crippen LogP contribution in [0.5, 0.6) is 0 Å². The molecule has 0 aliphatic carbocycles. The van der Waals surface area contributed by atoms with E-state index in [0.29, 0.717) is 22.4 Å². The summed E-state index contributed by atoms with van der Waals surface area (Å²) in [5, 5.41) is 11.5. The van der Waals surface area contributed by atoms with Gasteiger partial charge in [0, 0.05) is 10.7 Å². The molecule has 1 N–H and O–H groups in total. The Balaban J connectivity index is 1.97. The monoisotopic (exact) mass is 356 g/mol. The second-order valence-corrected chi connectivity index (χ2v) is 5.61. The van der Waals surface area contributed by atoms with E-state index < -0.39 is 0 Å². The average Bonchev–Trinajstić information content (AvgIpc) is 3.18. The van der Waals surface area contributed by atoms with Crippen molar-refractivity contribution in [3.05, 3.63) is 63.7 Å². The van der Waals surface area contributed by atoms with Crippen molar-refractivity contribution in [3.63, 3.8) is 0 Å². The third kappa shape index (κ3) is 2.06. The number of H-pyrrole nitrogens is 1. The van der Waals surface area contributed by atoms with Gasteiger partial charge in [0.15, 0.2) is 11.3 Å². The number of hydrogen-bond donors (Lipinski definition) is 1. The third-order valence-corrected chi connectivity index (χ3v) is 3.83. The van der Waals surface area contributed by atoms with Crippen molar-refractivity contribution in [2.24, 2.45) is 0 Å². The number of rotatable bonds is 2. The highest BCUT2D eigenvalue weighted by Gasteiger charge is 2.15. The molecule has 0 atom stereocenters. The van der Waals surface area contributed by atoms with E-state index in [1.165, 1.54) is 0 Å². The van der Waals surface area contributed by atoms with Crippen LogP contribution in [0.1, 0.15) is 0 Å².